The van der Waals surface area contributed by atoms with E-state index in [1.165, 1.54) is 11.4 Å². The van der Waals surface area contributed by atoms with Gasteiger partial charge in [-0.3, -0.25) is 0 Å². The number of methoxy groups -OCH3 is 1. The molecule has 0 spiro atoms. The normalized spacial score (nSPS) is 11.7. The van der Waals surface area contributed by atoms with Crippen LogP contribution >= 0.6 is 12.2 Å². The van der Waals surface area contributed by atoms with E-state index >= 15 is 0 Å². The predicted octanol–water partition coefficient (Wildman–Crippen LogP) is 1.14. The van der Waals surface area contributed by atoms with Gasteiger partial charge in [0.05, 0.1) is 17.3 Å². The first-order valence-corrected chi connectivity index (χ1v) is 8.26. The molecule has 2 N–H and O–H groups in total. The van der Waals surface area contributed by atoms with Gasteiger partial charge in [0.2, 0.25) is 10.0 Å². The highest BCUT2D eigenvalue weighted by Crippen LogP contribution is 2.11. The zero-order valence-corrected chi connectivity index (χ0v) is 13.1. The molecule has 1 aromatic rings. The van der Waals surface area contributed by atoms with Crippen LogP contribution in [0.25, 0.3) is 0 Å². The Bertz CT molecular complexity index is 518. The maximum Gasteiger partial charge on any atom is 0.218 e. The van der Waals surface area contributed by atoms with Gasteiger partial charge in [-0.05, 0) is 5.56 Å². The summed E-state index contributed by atoms with van der Waals surface area (Å²) >= 11 is 4.80. The van der Waals surface area contributed by atoms with Crippen molar-refractivity contribution in [2.45, 2.75) is 12.2 Å². The van der Waals surface area contributed by atoms with E-state index in [2.05, 4.69) is 0 Å². The number of rotatable bonds is 9. The third-order valence-corrected chi connectivity index (χ3v) is 4.79. The fourth-order valence-electron chi connectivity index (χ4n) is 1.69. The fourth-order valence-corrected chi connectivity index (χ4v) is 3.30. The van der Waals surface area contributed by atoms with E-state index in [1.54, 1.807) is 12.1 Å². The molecule has 0 aliphatic rings. The monoisotopic (exact) mass is 316 g/mol. The Kier molecular flexibility index (Phi) is 7.08. The van der Waals surface area contributed by atoms with Crippen LogP contribution in [0.2, 0.25) is 0 Å². The summed E-state index contributed by atoms with van der Waals surface area (Å²) < 4.78 is 31.1. The Morgan fingerprint density at radius 2 is 1.95 bits per heavy atom. The molecule has 7 heteroatoms. The summed E-state index contributed by atoms with van der Waals surface area (Å²) in [5, 5.41) is 0. The number of nitrogens with two attached hydrogens (primary N) is 1. The molecule has 0 atom stereocenters. The minimum absolute atomic E-state index is 0.0328. The maximum atomic E-state index is 12.4. The second-order valence-corrected chi connectivity index (χ2v) is 6.84. The molecule has 0 fully saturated rings. The van der Waals surface area contributed by atoms with Gasteiger partial charge in [-0.1, -0.05) is 42.5 Å². The van der Waals surface area contributed by atoms with E-state index < -0.39 is 10.0 Å². The summed E-state index contributed by atoms with van der Waals surface area (Å²) in [5.41, 5.74) is 6.20. The molecule has 0 unspecified atom stereocenters. The average molecular weight is 316 g/mol. The smallest absolute Gasteiger partial charge is 0.218 e. The van der Waals surface area contributed by atoms with E-state index in [0.717, 1.165) is 5.56 Å². The van der Waals surface area contributed by atoms with Crippen molar-refractivity contribution in [1.29, 1.82) is 0 Å². The van der Waals surface area contributed by atoms with E-state index in [-0.39, 0.29) is 12.3 Å². The highest BCUT2D eigenvalue weighted by Gasteiger charge is 2.22. The minimum Gasteiger partial charge on any atom is -0.393 e. The summed E-state index contributed by atoms with van der Waals surface area (Å²) in [6, 6.07) is 9.07. The van der Waals surface area contributed by atoms with Gasteiger partial charge < -0.3 is 10.5 Å². The van der Waals surface area contributed by atoms with Crippen LogP contribution in [-0.2, 0) is 20.5 Å². The average Bonchev–Trinajstić information content (AvgIpc) is 2.38. The molecular formula is C13H20N2O3S2. The molecule has 0 heterocycles. The van der Waals surface area contributed by atoms with Gasteiger partial charge in [0.25, 0.3) is 0 Å². The molecule has 5 nitrogen and oxygen atoms in total. The van der Waals surface area contributed by atoms with E-state index in [1.807, 2.05) is 18.2 Å². The Balaban J connectivity index is 2.78. The topological polar surface area (TPSA) is 72.6 Å². The molecular weight excluding hydrogens is 296 g/mol. The van der Waals surface area contributed by atoms with Crippen molar-refractivity contribution in [2.24, 2.45) is 5.73 Å². The van der Waals surface area contributed by atoms with Gasteiger partial charge in [-0.15, -0.1) is 0 Å². The lowest BCUT2D eigenvalue weighted by atomic mass is 10.2. The highest BCUT2D eigenvalue weighted by atomic mass is 32.2. The molecule has 0 radical (unpaired) electrons. The molecule has 0 bridgehead atoms. The SMILES string of the molecule is COCCN(CCC(N)=S)S(=O)(=O)Cc1ccccc1. The molecule has 0 aliphatic heterocycles. The zero-order chi connectivity index (χ0) is 15.0. The second kappa shape index (κ2) is 8.31. The van der Waals surface area contributed by atoms with Gasteiger partial charge in [0.1, 0.15) is 0 Å². The summed E-state index contributed by atoms with van der Waals surface area (Å²) in [4.78, 5) is 0.308. The van der Waals surface area contributed by atoms with Gasteiger partial charge in [0.15, 0.2) is 0 Å². The summed E-state index contributed by atoms with van der Waals surface area (Å²) in [6.45, 7) is 0.924. The van der Waals surface area contributed by atoms with E-state index in [0.29, 0.717) is 24.6 Å². The summed E-state index contributed by atoms with van der Waals surface area (Å²) in [6.07, 6.45) is 0.368. The molecule has 0 aromatic heterocycles. The van der Waals surface area contributed by atoms with Crippen LogP contribution in [0.1, 0.15) is 12.0 Å². The van der Waals surface area contributed by atoms with Gasteiger partial charge in [0, 0.05) is 26.6 Å². The zero-order valence-electron chi connectivity index (χ0n) is 11.5. The van der Waals surface area contributed by atoms with E-state index in [9.17, 15) is 8.42 Å². The molecule has 0 saturated heterocycles. The fraction of sp³-hybridized carbons (Fsp3) is 0.462. The molecule has 0 amide bonds. The minimum atomic E-state index is -3.41. The quantitative estimate of drug-likeness (QED) is 0.692. The Labute approximate surface area is 125 Å². The molecule has 1 aromatic carbocycles. The van der Waals surface area contributed by atoms with Crippen LogP contribution in [0, 0.1) is 0 Å². The highest BCUT2D eigenvalue weighted by molar-refractivity contribution is 7.88. The van der Waals surface area contributed by atoms with Crippen LogP contribution in [0.15, 0.2) is 30.3 Å². The molecule has 112 valence electrons. The van der Waals surface area contributed by atoms with Gasteiger partial charge >= 0.3 is 0 Å². The summed E-state index contributed by atoms with van der Waals surface area (Å²) in [7, 11) is -1.87. The van der Waals surface area contributed by atoms with Gasteiger partial charge in [-0.2, -0.15) is 4.31 Å². The first kappa shape index (κ1) is 17.0. The number of ether oxygens (including phenoxy) is 1. The van der Waals surface area contributed by atoms with Gasteiger partial charge in [-0.25, -0.2) is 8.42 Å². The Morgan fingerprint density at radius 1 is 1.30 bits per heavy atom. The molecule has 0 saturated carbocycles. The van der Waals surface area contributed by atoms with Crippen LogP contribution in [0.4, 0.5) is 0 Å². The van der Waals surface area contributed by atoms with Crippen molar-refractivity contribution in [3.05, 3.63) is 35.9 Å². The van der Waals surface area contributed by atoms with Crippen molar-refractivity contribution < 1.29 is 13.2 Å². The number of nitrogens with zero attached hydrogens (tertiary/aromatic N) is 1. The number of benzene rings is 1. The lowest BCUT2D eigenvalue weighted by molar-refractivity contribution is 0.179. The van der Waals surface area contributed by atoms with Crippen LogP contribution in [0.3, 0.4) is 0 Å². The van der Waals surface area contributed by atoms with Crippen molar-refractivity contribution in [1.82, 2.24) is 4.31 Å². The number of hydrogen-bond acceptors (Lipinski definition) is 4. The molecule has 20 heavy (non-hydrogen) atoms. The summed E-state index contributed by atoms with van der Waals surface area (Å²) in [5.74, 6) is -0.0328. The number of thiocarbonyl (C=S) groups is 1. The van der Waals surface area contributed by atoms with Crippen molar-refractivity contribution in [2.75, 3.05) is 26.8 Å². The van der Waals surface area contributed by atoms with Crippen molar-refractivity contribution >= 4 is 27.2 Å². The van der Waals surface area contributed by atoms with Crippen molar-refractivity contribution in [3.63, 3.8) is 0 Å². The van der Waals surface area contributed by atoms with Crippen LogP contribution in [0.5, 0.6) is 0 Å². The largest absolute Gasteiger partial charge is 0.393 e. The standard InChI is InChI=1S/C13H20N2O3S2/c1-18-10-9-15(8-7-13(14)19)20(16,17)11-12-5-3-2-4-6-12/h2-6H,7-11H2,1H3,(H2,14,19). The first-order chi connectivity index (χ1) is 9.45. The predicted molar refractivity (Wildman–Crippen MR) is 83.9 cm³/mol. The first-order valence-electron chi connectivity index (χ1n) is 6.24. The second-order valence-electron chi connectivity index (χ2n) is 4.35. The molecule has 0 aliphatic carbocycles. The lowest BCUT2D eigenvalue weighted by Gasteiger charge is -2.21. The number of hydrogen-bond donors (Lipinski definition) is 1. The van der Waals surface area contributed by atoms with E-state index in [4.69, 9.17) is 22.7 Å². The molecule has 1 rings (SSSR count). The third kappa shape index (κ3) is 5.96. The Morgan fingerprint density at radius 3 is 2.50 bits per heavy atom. The lowest BCUT2D eigenvalue weighted by Crippen LogP contribution is -2.37. The third-order valence-electron chi connectivity index (χ3n) is 2.74. The van der Waals surface area contributed by atoms with Crippen molar-refractivity contribution in [3.8, 4) is 0 Å². The maximum absolute atomic E-state index is 12.4. The van der Waals surface area contributed by atoms with Crippen LogP contribution < -0.4 is 5.73 Å². The van der Waals surface area contributed by atoms with Crippen LogP contribution in [-0.4, -0.2) is 44.5 Å². The Hall–Kier alpha value is -1.02. The number of sulfonamides is 1.